The van der Waals surface area contributed by atoms with Gasteiger partial charge in [0.2, 0.25) is 5.75 Å². The van der Waals surface area contributed by atoms with Crippen molar-refractivity contribution in [3.63, 3.8) is 0 Å². The molecule has 0 aromatic heterocycles. The molecule has 2 nitrogen and oxygen atoms in total. The lowest BCUT2D eigenvalue weighted by Gasteiger charge is -1.89. The first-order valence-electron chi connectivity index (χ1n) is 2.63. The van der Waals surface area contributed by atoms with E-state index in [0.29, 0.717) is 0 Å². The maximum atomic E-state index is 12.5. The zero-order valence-corrected chi connectivity index (χ0v) is 6.00. The van der Waals surface area contributed by atoms with Gasteiger partial charge >= 0.3 is 8.69 Å². The van der Waals surface area contributed by atoms with Gasteiger partial charge in [-0.05, 0) is 16.7 Å². The summed E-state index contributed by atoms with van der Waals surface area (Å²) in [4.78, 5) is 0. The largest absolute Gasteiger partial charge is 0.542 e. The molecule has 0 amide bonds. The SMILES string of the molecule is O=[PH+]Oc1ccccc1F. The predicted molar refractivity (Wildman–Crippen MR) is 36.0 cm³/mol. The van der Waals surface area contributed by atoms with Gasteiger partial charge in [0.1, 0.15) is 0 Å². The van der Waals surface area contributed by atoms with Crippen LogP contribution in [0.2, 0.25) is 0 Å². The molecule has 4 heteroatoms. The van der Waals surface area contributed by atoms with Crippen molar-refractivity contribution < 1.29 is 13.5 Å². The topological polar surface area (TPSA) is 26.3 Å². The molecule has 0 aliphatic carbocycles. The molecule has 0 bridgehead atoms. The highest BCUT2D eigenvalue weighted by atomic mass is 31.1. The van der Waals surface area contributed by atoms with Crippen LogP contribution in [0.1, 0.15) is 0 Å². The summed E-state index contributed by atoms with van der Waals surface area (Å²) in [6, 6.07) is 5.81. The highest BCUT2D eigenvalue weighted by Crippen LogP contribution is 2.18. The van der Waals surface area contributed by atoms with Crippen molar-refractivity contribution in [3.8, 4) is 5.75 Å². The smallest absolute Gasteiger partial charge is 0.253 e. The van der Waals surface area contributed by atoms with Crippen molar-refractivity contribution in [2.24, 2.45) is 0 Å². The first-order valence-corrected chi connectivity index (χ1v) is 3.45. The van der Waals surface area contributed by atoms with E-state index in [0.717, 1.165) is 0 Å². The third kappa shape index (κ3) is 1.52. The number of hydrogen-bond donors (Lipinski definition) is 0. The van der Waals surface area contributed by atoms with Crippen LogP contribution >= 0.6 is 8.69 Å². The molecule has 0 fully saturated rings. The van der Waals surface area contributed by atoms with E-state index in [1.54, 1.807) is 6.07 Å². The van der Waals surface area contributed by atoms with Gasteiger partial charge in [0.15, 0.2) is 5.82 Å². The lowest BCUT2D eigenvalue weighted by molar-refractivity contribution is 0.494. The summed E-state index contributed by atoms with van der Waals surface area (Å²) in [5.41, 5.74) is 0. The fourth-order valence-corrected chi connectivity index (χ4v) is 0.828. The molecule has 0 N–H and O–H groups in total. The normalized spacial score (nSPS) is 9.70. The van der Waals surface area contributed by atoms with Crippen molar-refractivity contribution in [1.82, 2.24) is 0 Å². The van der Waals surface area contributed by atoms with E-state index in [1.807, 2.05) is 0 Å². The molecule has 1 aromatic carbocycles. The van der Waals surface area contributed by atoms with Gasteiger partial charge in [-0.2, -0.15) is 0 Å². The summed E-state index contributed by atoms with van der Waals surface area (Å²) < 4.78 is 26.8. The number of rotatable bonds is 2. The number of hydrogen-bond acceptors (Lipinski definition) is 2. The lowest BCUT2D eigenvalue weighted by Crippen LogP contribution is -1.79. The molecule has 0 radical (unpaired) electrons. The van der Waals surface area contributed by atoms with Crippen LogP contribution in [0.25, 0.3) is 0 Å². The highest BCUT2D eigenvalue weighted by molar-refractivity contribution is 7.17. The molecule has 0 spiro atoms. The van der Waals surface area contributed by atoms with Crippen molar-refractivity contribution in [2.45, 2.75) is 0 Å². The summed E-state index contributed by atoms with van der Waals surface area (Å²) in [6.45, 7) is 0. The molecule has 0 saturated carbocycles. The van der Waals surface area contributed by atoms with Gasteiger partial charge in [0.25, 0.3) is 0 Å². The second kappa shape index (κ2) is 3.28. The Bertz CT molecular complexity index is 239. The summed E-state index contributed by atoms with van der Waals surface area (Å²) in [5.74, 6) is -0.471. The molecule has 1 aromatic rings. The highest BCUT2D eigenvalue weighted by Gasteiger charge is 2.03. The van der Waals surface area contributed by atoms with E-state index < -0.39 is 14.5 Å². The van der Waals surface area contributed by atoms with E-state index >= 15 is 0 Å². The van der Waals surface area contributed by atoms with Crippen molar-refractivity contribution in [1.29, 1.82) is 0 Å². The maximum Gasteiger partial charge on any atom is 0.542 e. The van der Waals surface area contributed by atoms with Crippen LogP contribution in [-0.4, -0.2) is 0 Å². The first kappa shape index (κ1) is 7.16. The van der Waals surface area contributed by atoms with Crippen molar-refractivity contribution in [2.75, 3.05) is 0 Å². The van der Waals surface area contributed by atoms with Gasteiger partial charge in [-0.25, -0.2) is 4.39 Å². The fourth-order valence-electron chi connectivity index (χ4n) is 0.572. The van der Waals surface area contributed by atoms with Crippen LogP contribution in [0.4, 0.5) is 4.39 Å². The Balaban J connectivity index is 2.91. The minimum absolute atomic E-state index is 0.0239. The van der Waals surface area contributed by atoms with Crippen LogP contribution in [0.3, 0.4) is 0 Å². The minimum Gasteiger partial charge on any atom is -0.253 e. The molecule has 1 atom stereocenters. The van der Waals surface area contributed by atoms with E-state index in [4.69, 9.17) is 0 Å². The summed E-state index contributed by atoms with van der Waals surface area (Å²) in [5, 5.41) is 0. The molecule has 0 heterocycles. The average molecular weight is 159 g/mol. The van der Waals surface area contributed by atoms with Crippen LogP contribution < -0.4 is 4.52 Å². The first-order chi connectivity index (χ1) is 4.84. The standard InChI is InChI=1S/C6H5FO2P/c7-5-3-1-2-4-6(5)9-10-8/h1-4,10H/q+1. The zero-order valence-electron chi connectivity index (χ0n) is 5.00. The molecular formula is C6H5FO2P+. The van der Waals surface area contributed by atoms with Crippen molar-refractivity contribution in [3.05, 3.63) is 30.1 Å². The van der Waals surface area contributed by atoms with Gasteiger partial charge in [-0.3, -0.25) is 4.52 Å². The van der Waals surface area contributed by atoms with Gasteiger partial charge in [-0.15, -0.1) is 0 Å². The Morgan fingerprint density at radius 2 is 2.10 bits per heavy atom. The zero-order chi connectivity index (χ0) is 7.40. The second-order valence-electron chi connectivity index (χ2n) is 1.62. The summed E-state index contributed by atoms with van der Waals surface area (Å²) in [6.07, 6.45) is 0. The number of halogens is 1. The third-order valence-corrected chi connectivity index (χ3v) is 1.29. The maximum absolute atomic E-state index is 12.5. The number of benzene rings is 1. The average Bonchev–Trinajstić information content (AvgIpc) is 1.94. The molecule has 0 saturated heterocycles. The predicted octanol–water partition coefficient (Wildman–Crippen LogP) is 2.14. The monoisotopic (exact) mass is 159 g/mol. The summed E-state index contributed by atoms with van der Waals surface area (Å²) in [7, 11) is -0.958. The lowest BCUT2D eigenvalue weighted by atomic mass is 10.3. The van der Waals surface area contributed by atoms with E-state index in [2.05, 4.69) is 4.52 Å². The number of para-hydroxylation sites is 1. The fraction of sp³-hybridized carbons (Fsp3) is 0. The van der Waals surface area contributed by atoms with Crippen LogP contribution in [0.15, 0.2) is 24.3 Å². The molecule has 52 valence electrons. The molecule has 0 aliphatic rings. The Hall–Kier alpha value is -0.950. The molecule has 10 heavy (non-hydrogen) atoms. The second-order valence-corrected chi connectivity index (χ2v) is 1.99. The van der Waals surface area contributed by atoms with E-state index in [1.165, 1.54) is 18.2 Å². The van der Waals surface area contributed by atoms with Gasteiger partial charge < -0.3 is 0 Å². The third-order valence-electron chi connectivity index (χ3n) is 0.988. The Morgan fingerprint density at radius 1 is 1.40 bits per heavy atom. The van der Waals surface area contributed by atoms with Gasteiger partial charge in [0.05, 0.1) is 0 Å². The van der Waals surface area contributed by atoms with Crippen LogP contribution in [-0.2, 0) is 4.57 Å². The van der Waals surface area contributed by atoms with E-state index in [9.17, 15) is 8.96 Å². The molecule has 0 aliphatic heterocycles. The minimum atomic E-state index is -0.958. The van der Waals surface area contributed by atoms with Gasteiger partial charge in [-0.1, -0.05) is 12.1 Å². The molecular weight excluding hydrogens is 154 g/mol. The Kier molecular flexibility index (Phi) is 2.35. The van der Waals surface area contributed by atoms with Crippen molar-refractivity contribution >= 4 is 8.69 Å². The van der Waals surface area contributed by atoms with Crippen LogP contribution in [0.5, 0.6) is 5.75 Å². The quantitative estimate of drug-likeness (QED) is 0.618. The van der Waals surface area contributed by atoms with Gasteiger partial charge in [0, 0.05) is 0 Å². The molecule has 1 rings (SSSR count). The Morgan fingerprint density at radius 3 is 2.70 bits per heavy atom. The van der Waals surface area contributed by atoms with Crippen LogP contribution in [0, 0.1) is 5.82 Å². The molecule has 1 unspecified atom stereocenters. The summed E-state index contributed by atoms with van der Waals surface area (Å²) >= 11 is 0. The Labute approximate surface area is 58.9 Å². The van der Waals surface area contributed by atoms with E-state index in [-0.39, 0.29) is 5.75 Å².